The van der Waals surface area contributed by atoms with Crippen LogP contribution in [-0.4, -0.2) is 28.9 Å². The fourth-order valence-electron chi connectivity index (χ4n) is 1.77. The Kier molecular flexibility index (Phi) is 2.68. The van der Waals surface area contributed by atoms with Crippen LogP contribution >= 0.6 is 0 Å². The minimum Gasteiger partial charge on any atom is -0.344 e. The molecule has 2 rings (SSSR count). The molecule has 92 valence electrons. The fraction of sp³-hybridized carbons (Fsp3) is 0.500. The lowest BCUT2D eigenvalue weighted by molar-refractivity contribution is -0.385. The molecule has 5 nitrogen and oxygen atoms in total. The van der Waals surface area contributed by atoms with Crippen molar-refractivity contribution >= 4 is 11.5 Å². The van der Waals surface area contributed by atoms with Gasteiger partial charge in [-0.05, 0) is 12.5 Å². The molecule has 0 atom stereocenters. The van der Waals surface area contributed by atoms with Crippen molar-refractivity contribution in [1.29, 1.82) is 0 Å². The van der Waals surface area contributed by atoms with E-state index in [1.165, 1.54) is 11.0 Å². The predicted molar refractivity (Wildman–Crippen MR) is 57.4 cm³/mol. The van der Waals surface area contributed by atoms with Gasteiger partial charge in [-0.1, -0.05) is 6.92 Å². The van der Waals surface area contributed by atoms with Gasteiger partial charge in [-0.25, -0.2) is 13.8 Å². The highest BCUT2D eigenvalue weighted by Gasteiger charge is 2.44. The van der Waals surface area contributed by atoms with E-state index in [1.54, 1.807) is 6.92 Å². The minimum absolute atomic E-state index is 0.0662. The van der Waals surface area contributed by atoms with Crippen LogP contribution in [0.4, 0.5) is 20.3 Å². The van der Waals surface area contributed by atoms with Crippen molar-refractivity contribution in [3.05, 3.63) is 27.9 Å². The van der Waals surface area contributed by atoms with E-state index in [4.69, 9.17) is 0 Å². The van der Waals surface area contributed by atoms with E-state index in [1.807, 2.05) is 0 Å². The molecule has 0 spiro atoms. The number of halogens is 2. The van der Waals surface area contributed by atoms with E-state index >= 15 is 0 Å². The van der Waals surface area contributed by atoms with E-state index < -0.39 is 10.8 Å². The highest BCUT2D eigenvalue weighted by atomic mass is 19.3. The maximum absolute atomic E-state index is 12.7. The lowest BCUT2D eigenvalue weighted by atomic mass is 10.1. The van der Waals surface area contributed by atoms with Crippen molar-refractivity contribution in [3.63, 3.8) is 0 Å². The van der Waals surface area contributed by atoms with Gasteiger partial charge in [0.1, 0.15) is 12.0 Å². The topological polar surface area (TPSA) is 59.3 Å². The second-order valence-electron chi connectivity index (χ2n) is 3.99. The molecule has 1 aromatic rings. The van der Waals surface area contributed by atoms with Gasteiger partial charge >= 0.3 is 0 Å². The van der Waals surface area contributed by atoms with Gasteiger partial charge in [-0.3, -0.25) is 10.1 Å². The summed E-state index contributed by atoms with van der Waals surface area (Å²) < 4.78 is 25.4. The molecule has 1 saturated heterocycles. The van der Waals surface area contributed by atoms with E-state index in [-0.39, 0.29) is 18.8 Å². The van der Waals surface area contributed by atoms with E-state index in [2.05, 4.69) is 4.98 Å². The Hall–Kier alpha value is -1.79. The molecule has 1 fully saturated rings. The summed E-state index contributed by atoms with van der Waals surface area (Å²) in [5.41, 5.74) is 0.443. The Morgan fingerprint density at radius 3 is 2.71 bits per heavy atom. The molecule has 1 aromatic heterocycles. The Morgan fingerprint density at radius 1 is 1.59 bits per heavy atom. The Morgan fingerprint density at radius 2 is 2.24 bits per heavy atom. The van der Waals surface area contributed by atoms with Crippen LogP contribution in [0.1, 0.15) is 12.5 Å². The molecule has 2 heterocycles. The summed E-state index contributed by atoms with van der Waals surface area (Å²) in [7, 11) is 0. The van der Waals surface area contributed by atoms with Gasteiger partial charge in [0.05, 0.1) is 18.0 Å². The molecule has 0 N–H and O–H groups in total. The average molecular weight is 243 g/mol. The molecule has 17 heavy (non-hydrogen) atoms. The second-order valence-corrected chi connectivity index (χ2v) is 3.99. The highest BCUT2D eigenvalue weighted by molar-refractivity contribution is 5.51. The van der Waals surface area contributed by atoms with Crippen LogP contribution in [0.3, 0.4) is 0 Å². The van der Waals surface area contributed by atoms with Crippen molar-refractivity contribution in [2.24, 2.45) is 0 Å². The third-order valence-corrected chi connectivity index (χ3v) is 2.70. The number of nitro groups is 1. The van der Waals surface area contributed by atoms with Crippen LogP contribution in [0.2, 0.25) is 0 Å². The molecule has 0 amide bonds. The molecule has 0 unspecified atom stereocenters. The number of aryl methyl sites for hydroxylation is 1. The van der Waals surface area contributed by atoms with Crippen LogP contribution in [-0.2, 0) is 6.42 Å². The van der Waals surface area contributed by atoms with E-state index in [0.717, 1.165) is 6.20 Å². The zero-order valence-electron chi connectivity index (χ0n) is 9.19. The number of anilines is 1. The van der Waals surface area contributed by atoms with Crippen LogP contribution in [0.15, 0.2) is 12.3 Å². The molecule has 0 aromatic carbocycles. The highest BCUT2D eigenvalue weighted by Crippen LogP contribution is 2.32. The molecule has 0 bridgehead atoms. The van der Waals surface area contributed by atoms with Gasteiger partial charge < -0.3 is 4.90 Å². The van der Waals surface area contributed by atoms with Gasteiger partial charge in [-0.15, -0.1) is 0 Å². The number of nitrogens with zero attached hydrogens (tertiary/aromatic N) is 3. The zero-order valence-corrected chi connectivity index (χ0v) is 9.19. The molecular weight excluding hydrogens is 232 g/mol. The Balaban J connectivity index is 2.24. The zero-order chi connectivity index (χ0) is 12.6. The van der Waals surface area contributed by atoms with Crippen molar-refractivity contribution in [3.8, 4) is 0 Å². The third-order valence-electron chi connectivity index (χ3n) is 2.70. The normalized spacial score (nSPS) is 17.7. The Bertz CT molecular complexity index is 457. The number of hydrogen-bond acceptors (Lipinski definition) is 4. The summed E-state index contributed by atoms with van der Waals surface area (Å²) in [6, 6.07) is 1.51. The molecule has 0 radical (unpaired) electrons. The first-order chi connectivity index (χ1) is 7.93. The quantitative estimate of drug-likeness (QED) is 0.601. The monoisotopic (exact) mass is 243 g/mol. The van der Waals surface area contributed by atoms with Gasteiger partial charge in [0.25, 0.3) is 11.6 Å². The maximum Gasteiger partial charge on any atom is 0.290 e. The molecular formula is C10H11F2N3O2. The molecule has 1 aliphatic rings. The third kappa shape index (κ3) is 2.17. The molecule has 0 aliphatic carbocycles. The van der Waals surface area contributed by atoms with Crippen molar-refractivity contribution in [2.75, 3.05) is 18.0 Å². The first-order valence-electron chi connectivity index (χ1n) is 5.19. The first-order valence-corrected chi connectivity index (χ1v) is 5.19. The number of aromatic nitrogens is 1. The number of rotatable bonds is 3. The SMILES string of the molecule is CCc1cc(N2CC(F)(F)C2)ncc1[N+](=O)[O-]. The average Bonchev–Trinajstić information content (AvgIpc) is 2.24. The lowest BCUT2D eigenvalue weighted by Gasteiger charge is -2.39. The largest absolute Gasteiger partial charge is 0.344 e. The van der Waals surface area contributed by atoms with Gasteiger partial charge in [0.15, 0.2) is 0 Å². The predicted octanol–water partition coefficient (Wildman–Crippen LogP) is 2.01. The van der Waals surface area contributed by atoms with Gasteiger partial charge in [0, 0.05) is 5.56 Å². The summed E-state index contributed by atoms with van der Waals surface area (Å²) in [5, 5.41) is 10.7. The number of alkyl halides is 2. The molecule has 7 heteroatoms. The standard InChI is InChI=1S/C10H11F2N3O2/c1-2-7-3-9(13-4-8(7)15(16)17)14-5-10(11,12)6-14/h3-4H,2,5-6H2,1H3. The number of hydrogen-bond donors (Lipinski definition) is 0. The summed E-state index contributed by atoms with van der Waals surface area (Å²) in [6.07, 6.45) is 1.60. The van der Waals surface area contributed by atoms with Gasteiger partial charge in [-0.2, -0.15) is 0 Å². The first kappa shape index (κ1) is 11.7. The maximum atomic E-state index is 12.7. The van der Waals surface area contributed by atoms with Gasteiger partial charge in [0.2, 0.25) is 0 Å². The molecule has 0 saturated carbocycles. The minimum atomic E-state index is -2.67. The summed E-state index contributed by atoms with van der Waals surface area (Å²) >= 11 is 0. The summed E-state index contributed by atoms with van der Waals surface area (Å²) in [6.45, 7) is 1.03. The van der Waals surface area contributed by atoms with Crippen molar-refractivity contribution < 1.29 is 13.7 Å². The van der Waals surface area contributed by atoms with Crippen LogP contribution < -0.4 is 4.90 Å². The van der Waals surface area contributed by atoms with Crippen LogP contribution in [0, 0.1) is 10.1 Å². The van der Waals surface area contributed by atoms with Crippen LogP contribution in [0.5, 0.6) is 0 Å². The van der Waals surface area contributed by atoms with Crippen molar-refractivity contribution in [2.45, 2.75) is 19.3 Å². The molecule has 1 aliphatic heterocycles. The lowest BCUT2D eigenvalue weighted by Crippen LogP contribution is -2.56. The Labute approximate surface area is 96.2 Å². The van der Waals surface area contributed by atoms with Crippen molar-refractivity contribution in [1.82, 2.24) is 4.98 Å². The fourth-order valence-corrected chi connectivity index (χ4v) is 1.77. The smallest absolute Gasteiger partial charge is 0.290 e. The summed E-state index contributed by atoms with van der Waals surface area (Å²) in [5.74, 6) is -2.30. The second kappa shape index (κ2) is 3.90. The van der Waals surface area contributed by atoms with Crippen LogP contribution in [0.25, 0.3) is 0 Å². The van der Waals surface area contributed by atoms with E-state index in [0.29, 0.717) is 17.8 Å². The summed E-state index contributed by atoms with van der Waals surface area (Å²) in [4.78, 5) is 15.4. The number of pyridine rings is 1. The van der Waals surface area contributed by atoms with E-state index in [9.17, 15) is 18.9 Å².